The van der Waals surface area contributed by atoms with Crippen LogP contribution in [-0.4, -0.2) is 3.81 Å². The predicted molar refractivity (Wildman–Crippen MR) is 92.8 cm³/mol. The molecule has 2 saturated carbocycles. The van der Waals surface area contributed by atoms with Gasteiger partial charge in [-0.1, -0.05) is 0 Å². The molecule has 0 aromatic rings. The van der Waals surface area contributed by atoms with E-state index in [1.807, 2.05) is 3.81 Å². The Kier molecular flexibility index (Phi) is 4.26. The van der Waals surface area contributed by atoms with Crippen LogP contribution >= 0.6 is 0 Å². The molecule has 4 aliphatic carbocycles. The monoisotopic (exact) mass is 328 g/mol. The standard InChI is InChI=1S/2C9H11.C3H6.Ti/c2*1-2-5-9-7-3-6-8(9)4-1;1-3-2;/h2*1-2,4-6,8-9H,3,7H2;1-2H3;. The molecule has 0 aromatic carbocycles. The molecule has 0 N–H and O–H groups in total. The fraction of sp³-hybridized carbons (Fsp3) is 0.571. The van der Waals surface area contributed by atoms with E-state index in [0.717, 1.165) is 32.1 Å². The quantitative estimate of drug-likeness (QED) is 0.571. The molecule has 0 nitrogen and oxygen atoms in total. The zero-order chi connectivity index (χ0) is 15.1. The van der Waals surface area contributed by atoms with Gasteiger partial charge in [-0.05, 0) is 0 Å². The topological polar surface area (TPSA) is 0 Å². The van der Waals surface area contributed by atoms with E-state index in [0.29, 0.717) is 0 Å². The first kappa shape index (κ1) is 15.1. The van der Waals surface area contributed by atoms with Crippen molar-refractivity contribution >= 4 is 3.81 Å². The third-order valence-corrected chi connectivity index (χ3v) is 12.9. The van der Waals surface area contributed by atoms with Crippen molar-refractivity contribution in [3.8, 4) is 0 Å². The number of hydrogen-bond acceptors (Lipinski definition) is 0. The van der Waals surface area contributed by atoms with Crippen LogP contribution in [0.1, 0.15) is 39.5 Å². The minimum absolute atomic E-state index is 0.857. The Labute approximate surface area is 141 Å². The Hall–Kier alpha value is -0.456. The van der Waals surface area contributed by atoms with Crippen LogP contribution in [0.5, 0.6) is 0 Å². The molecule has 0 amide bonds. The van der Waals surface area contributed by atoms with Gasteiger partial charge in [0, 0.05) is 0 Å². The summed E-state index contributed by atoms with van der Waals surface area (Å²) in [6.45, 7) is 4.95. The summed E-state index contributed by atoms with van der Waals surface area (Å²) in [6.07, 6.45) is 25.2. The van der Waals surface area contributed by atoms with Gasteiger partial charge in [0.05, 0.1) is 0 Å². The van der Waals surface area contributed by atoms with Crippen LogP contribution in [0.2, 0.25) is 8.45 Å². The van der Waals surface area contributed by atoms with Crippen LogP contribution in [-0.2, 0) is 17.4 Å². The van der Waals surface area contributed by atoms with Crippen molar-refractivity contribution in [1.29, 1.82) is 0 Å². The molecule has 6 unspecified atom stereocenters. The van der Waals surface area contributed by atoms with E-state index >= 15 is 0 Å². The first-order valence-electron chi connectivity index (χ1n) is 9.13. The molecule has 6 atom stereocenters. The summed E-state index contributed by atoms with van der Waals surface area (Å²) in [4.78, 5) is 0. The summed E-state index contributed by atoms with van der Waals surface area (Å²) in [6, 6.07) is 0. The van der Waals surface area contributed by atoms with Gasteiger partial charge < -0.3 is 0 Å². The zero-order valence-corrected chi connectivity index (χ0v) is 15.5. The van der Waals surface area contributed by atoms with Crippen molar-refractivity contribution in [2.24, 2.45) is 23.7 Å². The summed E-state index contributed by atoms with van der Waals surface area (Å²) in [5.74, 6) is 3.46. The summed E-state index contributed by atoms with van der Waals surface area (Å²) >= 11 is -1.19. The first-order chi connectivity index (χ1) is 10.8. The number of allylic oxidation sites excluding steroid dienone is 8. The first-order valence-corrected chi connectivity index (χ1v) is 11.7. The molecule has 4 aliphatic rings. The van der Waals surface area contributed by atoms with Gasteiger partial charge in [0.2, 0.25) is 0 Å². The minimum atomic E-state index is -1.19. The second-order valence-electron chi connectivity index (χ2n) is 7.85. The molecule has 1 heteroatoms. The molecule has 0 heterocycles. The van der Waals surface area contributed by atoms with Crippen LogP contribution in [0, 0.1) is 23.7 Å². The molecule has 0 radical (unpaired) electrons. The molecular weight excluding hydrogens is 300 g/mol. The number of hydrogen-bond donors (Lipinski definition) is 0. The predicted octanol–water partition coefficient (Wildman–Crippen LogP) is 5.70. The van der Waals surface area contributed by atoms with Crippen LogP contribution in [0.3, 0.4) is 0 Å². The van der Waals surface area contributed by atoms with Crippen molar-refractivity contribution in [3.63, 3.8) is 0 Å². The Bertz CT molecular complexity index is 539. The van der Waals surface area contributed by atoms with E-state index in [2.05, 4.69) is 62.5 Å². The third-order valence-electron chi connectivity index (χ3n) is 6.52. The van der Waals surface area contributed by atoms with E-state index in [-0.39, 0.29) is 0 Å². The molecule has 0 saturated heterocycles. The fourth-order valence-electron chi connectivity index (χ4n) is 5.65. The molecule has 116 valence electrons. The Balaban J connectivity index is 1.64. The zero-order valence-electron chi connectivity index (χ0n) is 13.9. The van der Waals surface area contributed by atoms with Crippen molar-refractivity contribution in [3.05, 3.63) is 48.6 Å². The third kappa shape index (κ3) is 2.53. The number of fused-ring (bicyclic) bond motifs is 2. The maximum absolute atomic E-state index is 2.56. The van der Waals surface area contributed by atoms with Crippen molar-refractivity contribution in [2.75, 3.05) is 0 Å². The number of rotatable bonds is 2. The molecule has 0 bridgehead atoms. The molecule has 4 rings (SSSR count). The van der Waals surface area contributed by atoms with Crippen molar-refractivity contribution in [2.45, 2.75) is 48.0 Å². The van der Waals surface area contributed by atoms with Gasteiger partial charge >= 0.3 is 141 Å². The van der Waals surface area contributed by atoms with Gasteiger partial charge in [-0.25, -0.2) is 0 Å². The molecule has 2 fully saturated rings. The van der Waals surface area contributed by atoms with E-state index in [1.54, 1.807) is 0 Å². The Morgan fingerprint density at radius 3 is 1.59 bits per heavy atom. The van der Waals surface area contributed by atoms with E-state index < -0.39 is 17.4 Å². The summed E-state index contributed by atoms with van der Waals surface area (Å²) in [5, 5.41) is 0. The average Bonchev–Trinajstić information content (AvgIpc) is 3.13. The second kappa shape index (κ2) is 6.21. The molecular formula is C21H28Ti. The van der Waals surface area contributed by atoms with Crippen LogP contribution in [0.25, 0.3) is 0 Å². The maximum atomic E-state index is 2.56. The molecule has 0 aromatic heterocycles. The SMILES string of the molecule is C[C](C)=[Ti]([CH]1CCC2C=CC=CC21)[CH]1CCC2C=CC=CC21. The summed E-state index contributed by atoms with van der Waals surface area (Å²) in [5.41, 5.74) is 0. The molecule has 0 aliphatic heterocycles. The summed E-state index contributed by atoms with van der Waals surface area (Å²) in [7, 11) is 0. The molecule has 0 spiro atoms. The van der Waals surface area contributed by atoms with E-state index in [9.17, 15) is 0 Å². The fourth-order valence-corrected chi connectivity index (χ4v) is 12.7. The van der Waals surface area contributed by atoms with Gasteiger partial charge in [-0.3, -0.25) is 0 Å². The summed E-state index contributed by atoms with van der Waals surface area (Å²) < 4.78 is 3.93. The van der Waals surface area contributed by atoms with E-state index in [4.69, 9.17) is 0 Å². The van der Waals surface area contributed by atoms with Gasteiger partial charge in [0.1, 0.15) is 0 Å². The normalized spacial score (nSPS) is 41.5. The second-order valence-corrected chi connectivity index (χ2v) is 13.1. The van der Waals surface area contributed by atoms with Crippen LogP contribution in [0.4, 0.5) is 0 Å². The molecule has 22 heavy (non-hydrogen) atoms. The van der Waals surface area contributed by atoms with Crippen molar-refractivity contribution < 1.29 is 17.4 Å². The van der Waals surface area contributed by atoms with Gasteiger partial charge in [0.25, 0.3) is 0 Å². The Morgan fingerprint density at radius 1 is 0.682 bits per heavy atom. The average molecular weight is 328 g/mol. The van der Waals surface area contributed by atoms with Crippen LogP contribution < -0.4 is 0 Å². The van der Waals surface area contributed by atoms with Gasteiger partial charge in [-0.2, -0.15) is 0 Å². The van der Waals surface area contributed by atoms with Crippen LogP contribution in [0.15, 0.2) is 48.6 Å². The van der Waals surface area contributed by atoms with Crippen molar-refractivity contribution in [1.82, 2.24) is 0 Å². The van der Waals surface area contributed by atoms with E-state index in [1.165, 1.54) is 25.7 Å². The van der Waals surface area contributed by atoms with Gasteiger partial charge in [0.15, 0.2) is 0 Å². The Morgan fingerprint density at radius 2 is 1.14 bits per heavy atom. The van der Waals surface area contributed by atoms with Gasteiger partial charge in [-0.15, -0.1) is 0 Å².